The van der Waals surface area contributed by atoms with Gasteiger partial charge < -0.3 is 20.4 Å². The largest absolute Gasteiger partial charge is 0.334 e. The Balaban J connectivity index is 1.55. The zero-order valence-electron chi connectivity index (χ0n) is 15.9. The summed E-state index contributed by atoms with van der Waals surface area (Å²) >= 11 is 0. The van der Waals surface area contributed by atoms with Crippen molar-refractivity contribution in [1.82, 2.24) is 10.2 Å². The Morgan fingerprint density at radius 3 is 2.41 bits per heavy atom. The molecule has 3 amide bonds. The second-order valence-corrected chi connectivity index (χ2v) is 7.01. The van der Waals surface area contributed by atoms with Gasteiger partial charge in [0.15, 0.2) is 0 Å². The second kappa shape index (κ2) is 8.68. The van der Waals surface area contributed by atoms with Gasteiger partial charge in [0.1, 0.15) is 0 Å². The van der Waals surface area contributed by atoms with Gasteiger partial charge in [0.05, 0.1) is 0 Å². The van der Waals surface area contributed by atoms with Crippen molar-refractivity contribution in [3.8, 4) is 0 Å². The van der Waals surface area contributed by atoms with Crippen molar-refractivity contribution in [3.05, 3.63) is 59.7 Å². The smallest absolute Gasteiger partial charge is 0.319 e. The van der Waals surface area contributed by atoms with Crippen LogP contribution in [0.1, 0.15) is 24.0 Å². The summed E-state index contributed by atoms with van der Waals surface area (Å²) < 4.78 is 0. The SMILES string of the molecule is CN(C)Cc1ccccc1CNC(=O)Nc1ccc(N2CCCC2=O)cc1. The van der Waals surface area contributed by atoms with Crippen LogP contribution in [-0.2, 0) is 17.9 Å². The van der Waals surface area contributed by atoms with Gasteiger partial charge in [-0.2, -0.15) is 0 Å². The Bertz CT molecular complexity index is 802. The fraction of sp³-hybridized carbons (Fsp3) is 0.333. The van der Waals surface area contributed by atoms with Gasteiger partial charge in [0.25, 0.3) is 0 Å². The predicted octanol–water partition coefficient (Wildman–Crippen LogP) is 3.20. The maximum atomic E-state index is 12.2. The molecule has 1 aliphatic heterocycles. The molecule has 3 rings (SSSR count). The number of carbonyl (C=O) groups excluding carboxylic acids is 2. The molecule has 27 heavy (non-hydrogen) atoms. The first kappa shape index (κ1) is 18.9. The van der Waals surface area contributed by atoms with E-state index in [-0.39, 0.29) is 11.9 Å². The number of nitrogens with one attached hydrogen (secondary N) is 2. The van der Waals surface area contributed by atoms with Crippen molar-refractivity contribution >= 4 is 23.3 Å². The maximum absolute atomic E-state index is 12.2. The van der Waals surface area contributed by atoms with Crippen molar-refractivity contribution in [1.29, 1.82) is 0 Å². The zero-order chi connectivity index (χ0) is 19.2. The average Bonchev–Trinajstić information content (AvgIpc) is 3.07. The van der Waals surface area contributed by atoms with E-state index in [9.17, 15) is 9.59 Å². The number of carbonyl (C=O) groups is 2. The van der Waals surface area contributed by atoms with Crippen LogP contribution in [0.15, 0.2) is 48.5 Å². The molecule has 0 bridgehead atoms. The van der Waals surface area contributed by atoms with Crippen LogP contribution in [0.25, 0.3) is 0 Å². The summed E-state index contributed by atoms with van der Waals surface area (Å²) in [5.41, 5.74) is 3.87. The molecule has 0 unspecified atom stereocenters. The number of amides is 3. The number of hydrogen-bond acceptors (Lipinski definition) is 3. The minimum atomic E-state index is -0.250. The zero-order valence-corrected chi connectivity index (χ0v) is 15.9. The third kappa shape index (κ3) is 5.08. The number of benzene rings is 2. The lowest BCUT2D eigenvalue weighted by molar-refractivity contribution is -0.117. The molecule has 1 aliphatic rings. The number of rotatable bonds is 6. The fourth-order valence-electron chi connectivity index (χ4n) is 3.22. The monoisotopic (exact) mass is 366 g/mol. The minimum Gasteiger partial charge on any atom is -0.334 e. The van der Waals surface area contributed by atoms with Crippen LogP contribution in [-0.4, -0.2) is 37.5 Å². The highest BCUT2D eigenvalue weighted by molar-refractivity contribution is 5.96. The van der Waals surface area contributed by atoms with E-state index in [2.05, 4.69) is 21.6 Å². The molecule has 2 aromatic carbocycles. The third-order valence-corrected chi connectivity index (χ3v) is 4.55. The average molecular weight is 366 g/mol. The van der Waals surface area contributed by atoms with Crippen LogP contribution >= 0.6 is 0 Å². The van der Waals surface area contributed by atoms with Crippen LogP contribution < -0.4 is 15.5 Å². The van der Waals surface area contributed by atoms with Crippen molar-refractivity contribution in [2.75, 3.05) is 30.9 Å². The first-order valence-corrected chi connectivity index (χ1v) is 9.20. The normalized spacial score (nSPS) is 13.9. The Kier molecular flexibility index (Phi) is 6.08. The molecular weight excluding hydrogens is 340 g/mol. The molecule has 1 heterocycles. The molecule has 0 spiro atoms. The first-order chi connectivity index (χ1) is 13.0. The molecule has 142 valence electrons. The molecule has 0 aliphatic carbocycles. The summed E-state index contributed by atoms with van der Waals surface area (Å²) in [5, 5.41) is 5.74. The molecule has 1 saturated heterocycles. The van der Waals surface area contributed by atoms with Gasteiger partial charge in [-0.1, -0.05) is 24.3 Å². The highest BCUT2D eigenvalue weighted by Crippen LogP contribution is 2.23. The molecule has 2 N–H and O–H groups in total. The summed E-state index contributed by atoms with van der Waals surface area (Å²) in [4.78, 5) is 27.9. The molecule has 0 radical (unpaired) electrons. The lowest BCUT2D eigenvalue weighted by atomic mass is 10.1. The summed E-state index contributed by atoms with van der Waals surface area (Å²) in [6, 6.07) is 15.2. The summed E-state index contributed by atoms with van der Waals surface area (Å²) in [7, 11) is 4.05. The molecule has 6 heteroatoms. The molecular formula is C21H26N4O2. The van der Waals surface area contributed by atoms with Gasteiger partial charge in [0, 0.05) is 37.4 Å². The lowest BCUT2D eigenvalue weighted by Crippen LogP contribution is -2.29. The van der Waals surface area contributed by atoms with Crippen molar-refractivity contribution < 1.29 is 9.59 Å². The first-order valence-electron chi connectivity index (χ1n) is 9.20. The highest BCUT2D eigenvalue weighted by Gasteiger charge is 2.21. The standard InChI is InChI=1S/C21H26N4O2/c1-24(2)15-17-7-4-3-6-16(17)14-22-21(27)23-18-9-11-19(12-10-18)25-13-5-8-20(25)26/h3-4,6-7,9-12H,5,8,13-15H2,1-2H3,(H2,22,23,27). The predicted molar refractivity (Wildman–Crippen MR) is 108 cm³/mol. The second-order valence-electron chi connectivity index (χ2n) is 7.01. The van der Waals surface area contributed by atoms with Gasteiger partial charge in [0.2, 0.25) is 5.91 Å². The summed E-state index contributed by atoms with van der Waals surface area (Å²) in [5.74, 6) is 0.157. The van der Waals surface area contributed by atoms with Crippen LogP contribution in [0.2, 0.25) is 0 Å². The van der Waals surface area contributed by atoms with Crippen molar-refractivity contribution in [2.45, 2.75) is 25.9 Å². The number of nitrogens with zero attached hydrogens (tertiary/aromatic N) is 2. The highest BCUT2D eigenvalue weighted by atomic mass is 16.2. The fourth-order valence-corrected chi connectivity index (χ4v) is 3.22. The molecule has 0 aromatic heterocycles. The molecule has 6 nitrogen and oxygen atoms in total. The van der Waals surface area contributed by atoms with Crippen molar-refractivity contribution in [2.24, 2.45) is 0 Å². The quantitative estimate of drug-likeness (QED) is 0.825. The summed E-state index contributed by atoms with van der Waals surface area (Å²) in [6.45, 7) is 2.06. The van der Waals surface area contributed by atoms with E-state index < -0.39 is 0 Å². The Hall–Kier alpha value is -2.86. The van der Waals surface area contributed by atoms with E-state index in [1.807, 2.05) is 56.6 Å². The number of anilines is 2. The number of hydrogen-bond donors (Lipinski definition) is 2. The van der Waals surface area contributed by atoms with E-state index in [0.29, 0.717) is 18.7 Å². The van der Waals surface area contributed by atoms with E-state index in [1.165, 1.54) is 5.56 Å². The maximum Gasteiger partial charge on any atom is 0.319 e. The van der Waals surface area contributed by atoms with Crippen LogP contribution in [0.4, 0.5) is 16.2 Å². The van der Waals surface area contributed by atoms with E-state index in [0.717, 1.165) is 30.8 Å². The Morgan fingerprint density at radius 2 is 1.78 bits per heavy atom. The topological polar surface area (TPSA) is 64.7 Å². The lowest BCUT2D eigenvalue weighted by Gasteiger charge is -2.16. The van der Waals surface area contributed by atoms with Crippen LogP contribution in [0, 0.1) is 0 Å². The molecule has 0 saturated carbocycles. The Morgan fingerprint density at radius 1 is 1.07 bits per heavy atom. The minimum absolute atomic E-state index is 0.157. The molecule has 1 fully saturated rings. The van der Waals surface area contributed by atoms with Gasteiger partial charge in [-0.15, -0.1) is 0 Å². The van der Waals surface area contributed by atoms with Gasteiger partial charge >= 0.3 is 6.03 Å². The van der Waals surface area contributed by atoms with Crippen LogP contribution in [0.3, 0.4) is 0 Å². The molecule has 2 aromatic rings. The summed E-state index contributed by atoms with van der Waals surface area (Å²) in [6.07, 6.45) is 1.51. The molecule has 0 atom stereocenters. The van der Waals surface area contributed by atoms with E-state index in [4.69, 9.17) is 0 Å². The third-order valence-electron chi connectivity index (χ3n) is 4.55. The van der Waals surface area contributed by atoms with E-state index in [1.54, 1.807) is 4.90 Å². The number of urea groups is 1. The Labute approximate surface area is 160 Å². The van der Waals surface area contributed by atoms with Crippen molar-refractivity contribution in [3.63, 3.8) is 0 Å². The van der Waals surface area contributed by atoms with E-state index >= 15 is 0 Å². The van der Waals surface area contributed by atoms with Gasteiger partial charge in [-0.3, -0.25) is 4.79 Å². The van der Waals surface area contributed by atoms with Gasteiger partial charge in [-0.05, 0) is 55.9 Å². The van der Waals surface area contributed by atoms with Gasteiger partial charge in [-0.25, -0.2) is 4.79 Å². The van der Waals surface area contributed by atoms with Crippen LogP contribution in [0.5, 0.6) is 0 Å².